The second-order valence-corrected chi connectivity index (χ2v) is 5.44. The smallest absolute Gasteiger partial charge is 0.0646 e. The number of hydrogen-bond acceptors (Lipinski definition) is 1. The topological polar surface area (TPSA) is 3.24 Å². The van der Waals surface area contributed by atoms with Gasteiger partial charge in [-0.05, 0) is 43.2 Å². The van der Waals surface area contributed by atoms with Crippen molar-refractivity contribution < 1.29 is 0 Å². The Balaban J connectivity index is 2.41. The molecular weight excluding hydrogens is 277 g/mol. The molecule has 0 aliphatic carbocycles. The molecule has 0 aliphatic heterocycles. The van der Waals surface area contributed by atoms with Crippen molar-refractivity contribution in [1.29, 1.82) is 0 Å². The van der Waals surface area contributed by atoms with Gasteiger partial charge < -0.3 is 4.90 Å². The van der Waals surface area contributed by atoms with Crippen LogP contribution in [0.1, 0.15) is 16.7 Å². The van der Waals surface area contributed by atoms with E-state index in [1.165, 1.54) is 11.1 Å². The molecule has 0 fully saturated rings. The molecule has 0 saturated heterocycles. The minimum atomic E-state index is 0.479. The van der Waals surface area contributed by atoms with Crippen LogP contribution in [0.4, 0.5) is 11.4 Å². The van der Waals surface area contributed by atoms with E-state index in [9.17, 15) is 0 Å². The third kappa shape index (κ3) is 3.05. The Bertz CT molecular complexity index is 593. The summed E-state index contributed by atoms with van der Waals surface area (Å²) in [4.78, 5) is 2.11. The molecule has 0 aromatic heterocycles. The number of benzene rings is 2. The Labute approximate surface area is 124 Å². The Kier molecular flexibility index (Phi) is 4.38. The molecule has 0 N–H and O–H groups in total. The average molecular weight is 294 g/mol. The molecule has 19 heavy (non-hydrogen) atoms. The maximum Gasteiger partial charge on any atom is 0.0646 e. The summed E-state index contributed by atoms with van der Waals surface area (Å²) in [7, 11) is 2.03. The van der Waals surface area contributed by atoms with Crippen LogP contribution in [-0.4, -0.2) is 7.05 Å². The van der Waals surface area contributed by atoms with Crippen molar-refractivity contribution in [2.75, 3.05) is 11.9 Å². The first kappa shape index (κ1) is 14.2. The molecule has 2 aromatic rings. The molecular formula is C16H17Cl2N. The highest BCUT2D eigenvalue weighted by Crippen LogP contribution is 2.33. The van der Waals surface area contributed by atoms with Crippen molar-refractivity contribution in [3.05, 3.63) is 58.1 Å². The van der Waals surface area contributed by atoms with E-state index in [0.29, 0.717) is 5.88 Å². The lowest BCUT2D eigenvalue weighted by Crippen LogP contribution is -2.11. The fourth-order valence-corrected chi connectivity index (χ4v) is 2.71. The minimum Gasteiger partial charge on any atom is -0.343 e. The third-order valence-corrected chi connectivity index (χ3v) is 3.85. The van der Waals surface area contributed by atoms with Crippen molar-refractivity contribution in [3.8, 4) is 0 Å². The van der Waals surface area contributed by atoms with Crippen molar-refractivity contribution >= 4 is 34.6 Å². The van der Waals surface area contributed by atoms with Gasteiger partial charge in [-0.15, -0.1) is 11.6 Å². The van der Waals surface area contributed by atoms with Gasteiger partial charge in [0.1, 0.15) is 0 Å². The van der Waals surface area contributed by atoms with Crippen LogP contribution in [0.3, 0.4) is 0 Å². The van der Waals surface area contributed by atoms with Crippen molar-refractivity contribution in [2.24, 2.45) is 0 Å². The number of aryl methyl sites for hydroxylation is 2. The zero-order chi connectivity index (χ0) is 14.0. The molecule has 0 spiro atoms. The van der Waals surface area contributed by atoms with Crippen LogP contribution < -0.4 is 4.90 Å². The molecule has 0 unspecified atom stereocenters. The molecule has 2 rings (SSSR count). The van der Waals surface area contributed by atoms with Gasteiger partial charge in [-0.3, -0.25) is 0 Å². The van der Waals surface area contributed by atoms with E-state index in [4.69, 9.17) is 23.2 Å². The first-order valence-electron chi connectivity index (χ1n) is 6.18. The largest absolute Gasteiger partial charge is 0.343 e. The van der Waals surface area contributed by atoms with Gasteiger partial charge in [0.05, 0.1) is 10.7 Å². The second-order valence-electron chi connectivity index (χ2n) is 4.77. The molecule has 0 bridgehead atoms. The first-order chi connectivity index (χ1) is 9.02. The highest BCUT2D eigenvalue weighted by molar-refractivity contribution is 6.33. The molecule has 0 atom stereocenters. The highest BCUT2D eigenvalue weighted by atomic mass is 35.5. The summed E-state index contributed by atoms with van der Waals surface area (Å²) in [6, 6.07) is 12.3. The maximum atomic E-state index is 6.34. The minimum absolute atomic E-state index is 0.479. The SMILES string of the molecule is Cc1ccc(N(C)c2ccc(CCl)cc2Cl)c(C)c1. The lowest BCUT2D eigenvalue weighted by atomic mass is 10.1. The van der Waals surface area contributed by atoms with Gasteiger partial charge in [-0.1, -0.05) is 35.4 Å². The first-order valence-corrected chi connectivity index (χ1v) is 7.09. The van der Waals surface area contributed by atoms with Crippen LogP contribution in [-0.2, 0) is 5.88 Å². The number of hydrogen-bond donors (Lipinski definition) is 0. The molecule has 0 heterocycles. The van der Waals surface area contributed by atoms with E-state index in [1.807, 2.05) is 25.2 Å². The van der Waals surface area contributed by atoms with Gasteiger partial charge in [0.15, 0.2) is 0 Å². The number of rotatable bonds is 3. The van der Waals surface area contributed by atoms with Gasteiger partial charge in [0, 0.05) is 18.6 Å². The monoisotopic (exact) mass is 293 g/mol. The van der Waals surface area contributed by atoms with Gasteiger partial charge in [0.2, 0.25) is 0 Å². The van der Waals surface area contributed by atoms with E-state index in [-0.39, 0.29) is 0 Å². The second kappa shape index (κ2) is 5.85. The quantitative estimate of drug-likeness (QED) is 0.679. The van der Waals surface area contributed by atoms with Crippen LogP contribution >= 0.6 is 23.2 Å². The standard InChI is InChI=1S/C16H17Cl2N/c1-11-4-6-15(12(2)8-11)19(3)16-7-5-13(10-17)9-14(16)18/h4-9H,10H2,1-3H3. The van der Waals surface area contributed by atoms with Gasteiger partial charge >= 0.3 is 0 Å². The molecule has 0 amide bonds. The van der Waals surface area contributed by atoms with Crippen molar-refractivity contribution in [1.82, 2.24) is 0 Å². The molecule has 2 aromatic carbocycles. The van der Waals surface area contributed by atoms with E-state index in [0.717, 1.165) is 22.0 Å². The number of alkyl halides is 1. The summed E-state index contributed by atoms with van der Waals surface area (Å²) >= 11 is 12.2. The van der Waals surface area contributed by atoms with E-state index in [1.54, 1.807) is 0 Å². The number of nitrogens with zero attached hydrogens (tertiary/aromatic N) is 1. The normalized spacial score (nSPS) is 10.6. The summed E-state index contributed by atoms with van der Waals surface area (Å²) in [5.74, 6) is 0.479. The molecule has 0 saturated carbocycles. The lowest BCUT2D eigenvalue weighted by Gasteiger charge is -2.23. The van der Waals surface area contributed by atoms with Crippen LogP contribution in [0.5, 0.6) is 0 Å². The van der Waals surface area contributed by atoms with Crippen LogP contribution in [0.25, 0.3) is 0 Å². The molecule has 1 nitrogen and oxygen atoms in total. The lowest BCUT2D eigenvalue weighted by molar-refractivity contribution is 1.17. The predicted octanol–water partition coefficient (Wildman–Crippen LogP) is 5.46. The van der Waals surface area contributed by atoms with E-state index < -0.39 is 0 Å². The predicted molar refractivity (Wildman–Crippen MR) is 85.0 cm³/mol. The highest BCUT2D eigenvalue weighted by Gasteiger charge is 2.10. The van der Waals surface area contributed by atoms with Crippen molar-refractivity contribution in [3.63, 3.8) is 0 Å². The van der Waals surface area contributed by atoms with Gasteiger partial charge in [0.25, 0.3) is 0 Å². The summed E-state index contributed by atoms with van der Waals surface area (Å²) in [6.45, 7) is 4.21. The van der Waals surface area contributed by atoms with E-state index in [2.05, 4.69) is 36.9 Å². The summed E-state index contributed by atoms with van der Waals surface area (Å²) in [6.07, 6.45) is 0. The summed E-state index contributed by atoms with van der Waals surface area (Å²) in [5.41, 5.74) is 5.68. The average Bonchev–Trinajstić information content (AvgIpc) is 2.37. The van der Waals surface area contributed by atoms with E-state index >= 15 is 0 Å². The molecule has 0 aliphatic rings. The Hall–Kier alpha value is -1.18. The molecule has 100 valence electrons. The zero-order valence-corrected chi connectivity index (χ0v) is 12.9. The Morgan fingerprint density at radius 3 is 2.26 bits per heavy atom. The van der Waals surface area contributed by atoms with Crippen LogP contribution in [0.2, 0.25) is 5.02 Å². The van der Waals surface area contributed by atoms with Crippen molar-refractivity contribution in [2.45, 2.75) is 19.7 Å². The van der Waals surface area contributed by atoms with Gasteiger partial charge in [-0.2, -0.15) is 0 Å². The fourth-order valence-electron chi connectivity index (χ4n) is 2.22. The van der Waals surface area contributed by atoms with Crippen LogP contribution in [0.15, 0.2) is 36.4 Å². The zero-order valence-electron chi connectivity index (χ0n) is 11.4. The third-order valence-electron chi connectivity index (χ3n) is 3.24. The molecule has 3 heteroatoms. The fraction of sp³-hybridized carbons (Fsp3) is 0.250. The number of anilines is 2. The summed E-state index contributed by atoms with van der Waals surface area (Å²) < 4.78 is 0. The molecule has 0 radical (unpaired) electrons. The summed E-state index contributed by atoms with van der Waals surface area (Å²) in [5, 5.41) is 0.723. The maximum absolute atomic E-state index is 6.34. The Morgan fingerprint density at radius 2 is 1.68 bits per heavy atom. The number of halogens is 2. The van der Waals surface area contributed by atoms with Gasteiger partial charge in [-0.25, -0.2) is 0 Å². The van der Waals surface area contributed by atoms with Crippen LogP contribution in [0, 0.1) is 13.8 Å². The Morgan fingerprint density at radius 1 is 1.00 bits per heavy atom.